The average molecular weight is 392 g/mol. The molecule has 1 aromatic heterocycles. The summed E-state index contributed by atoms with van der Waals surface area (Å²) in [6.07, 6.45) is 1.73. The van der Waals surface area contributed by atoms with Gasteiger partial charge in [-0.1, -0.05) is 24.3 Å². The van der Waals surface area contributed by atoms with E-state index >= 15 is 0 Å². The molecule has 6 nitrogen and oxygen atoms in total. The van der Waals surface area contributed by atoms with Crippen LogP contribution in [-0.4, -0.2) is 18.4 Å². The quantitative estimate of drug-likeness (QED) is 0.601. The minimum atomic E-state index is -0.288. The third-order valence-corrected chi connectivity index (χ3v) is 4.38. The normalized spacial score (nSPS) is 10.4. The zero-order chi connectivity index (χ0) is 20.6. The largest absolute Gasteiger partial charge is 0.493 e. The molecular weight excluding hydrogens is 368 g/mol. The predicted molar refractivity (Wildman–Crippen MR) is 111 cm³/mol. The Morgan fingerprint density at radius 3 is 2.66 bits per heavy atom. The van der Waals surface area contributed by atoms with E-state index in [1.165, 1.54) is 0 Å². The van der Waals surface area contributed by atoms with E-state index in [1.807, 2.05) is 32.0 Å². The topological polar surface area (TPSA) is 80.6 Å². The van der Waals surface area contributed by atoms with Crippen molar-refractivity contribution in [1.82, 2.24) is 5.32 Å². The van der Waals surface area contributed by atoms with Crippen molar-refractivity contribution < 1.29 is 18.7 Å². The van der Waals surface area contributed by atoms with Gasteiger partial charge in [0.15, 0.2) is 0 Å². The summed E-state index contributed by atoms with van der Waals surface area (Å²) < 4.78 is 10.9. The first-order valence-electron chi connectivity index (χ1n) is 9.42. The third-order valence-electron chi connectivity index (χ3n) is 4.38. The number of hydrogen-bond donors (Lipinski definition) is 2. The lowest BCUT2D eigenvalue weighted by atomic mass is 10.1. The fourth-order valence-electron chi connectivity index (χ4n) is 2.80. The molecule has 0 aliphatic heterocycles. The van der Waals surface area contributed by atoms with Crippen molar-refractivity contribution in [3.8, 4) is 5.75 Å². The molecular formula is C23H24N2O4. The molecule has 0 atom stereocenters. The summed E-state index contributed by atoms with van der Waals surface area (Å²) in [4.78, 5) is 24.8. The van der Waals surface area contributed by atoms with E-state index < -0.39 is 0 Å². The minimum Gasteiger partial charge on any atom is -0.493 e. The number of hydrogen-bond acceptors (Lipinski definition) is 4. The van der Waals surface area contributed by atoms with Gasteiger partial charge >= 0.3 is 0 Å². The summed E-state index contributed by atoms with van der Waals surface area (Å²) in [5.74, 6) is 0.921. The zero-order valence-corrected chi connectivity index (χ0v) is 16.5. The molecule has 0 spiro atoms. The molecule has 2 amide bonds. The second-order valence-corrected chi connectivity index (χ2v) is 6.72. The van der Waals surface area contributed by atoms with Crippen LogP contribution in [0.2, 0.25) is 0 Å². The van der Waals surface area contributed by atoms with Gasteiger partial charge in [0.05, 0.1) is 37.1 Å². The average Bonchev–Trinajstić information content (AvgIpc) is 3.23. The highest BCUT2D eigenvalue weighted by molar-refractivity contribution is 6.03. The van der Waals surface area contributed by atoms with Crippen LogP contribution in [0.1, 0.15) is 33.7 Å². The molecule has 0 bridgehead atoms. The van der Waals surface area contributed by atoms with Gasteiger partial charge in [-0.3, -0.25) is 9.59 Å². The highest BCUT2D eigenvalue weighted by Gasteiger charge is 2.13. The number of para-hydroxylation sites is 1. The molecule has 0 fully saturated rings. The number of benzene rings is 2. The highest BCUT2D eigenvalue weighted by atomic mass is 16.5. The lowest BCUT2D eigenvalue weighted by molar-refractivity contribution is -0.116. The van der Waals surface area contributed by atoms with Gasteiger partial charge in [0.25, 0.3) is 5.91 Å². The second-order valence-electron chi connectivity index (χ2n) is 6.72. The number of carbonyl (C=O) groups is 2. The van der Waals surface area contributed by atoms with Gasteiger partial charge in [-0.05, 0) is 55.3 Å². The first kappa shape index (κ1) is 20.2. The van der Waals surface area contributed by atoms with Gasteiger partial charge in [0, 0.05) is 0 Å². The second kappa shape index (κ2) is 9.59. The molecule has 3 rings (SSSR count). The lowest BCUT2D eigenvalue weighted by Gasteiger charge is -2.12. The van der Waals surface area contributed by atoms with Crippen molar-refractivity contribution in [3.63, 3.8) is 0 Å². The maximum Gasteiger partial charge on any atom is 0.253 e. The summed E-state index contributed by atoms with van der Waals surface area (Å²) in [7, 11) is 0. The molecule has 0 aliphatic rings. The van der Waals surface area contributed by atoms with Crippen molar-refractivity contribution >= 4 is 17.5 Å². The van der Waals surface area contributed by atoms with E-state index in [0.717, 1.165) is 16.9 Å². The number of amides is 2. The van der Waals surface area contributed by atoms with Crippen molar-refractivity contribution in [3.05, 3.63) is 83.3 Å². The highest BCUT2D eigenvalue weighted by Crippen LogP contribution is 2.20. The summed E-state index contributed by atoms with van der Waals surface area (Å²) >= 11 is 0. The van der Waals surface area contributed by atoms with E-state index in [-0.39, 0.29) is 31.4 Å². The standard InChI is InChI=1S/C23H24N2O4/c1-16-9-10-17(2)21(14-16)29-13-11-22(26)25-20-8-4-3-7-19(20)23(27)24-15-18-6-5-12-28-18/h3-10,12,14H,11,13,15H2,1-2H3,(H,24,27)(H,25,26). The van der Waals surface area contributed by atoms with E-state index in [2.05, 4.69) is 10.6 Å². The SMILES string of the molecule is Cc1ccc(C)c(OCCC(=O)Nc2ccccc2C(=O)NCc2ccco2)c1. The van der Waals surface area contributed by atoms with E-state index in [9.17, 15) is 9.59 Å². The maximum absolute atomic E-state index is 12.5. The van der Waals surface area contributed by atoms with Gasteiger partial charge in [0.1, 0.15) is 11.5 Å². The molecule has 6 heteroatoms. The van der Waals surface area contributed by atoms with E-state index in [1.54, 1.807) is 42.7 Å². The molecule has 0 saturated heterocycles. The number of aryl methyl sites for hydroxylation is 2. The summed E-state index contributed by atoms with van der Waals surface area (Å²) in [5.41, 5.74) is 2.98. The Morgan fingerprint density at radius 1 is 1.03 bits per heavy atom. The molecule has 0 aliphatic carbocycles. The number of rotatable bonds is 8. The molecule has 150 valence electrons. The van der Waals surface area contributed by atoms with Crippen molar-refractivity contribution in [1.29, 1.82) is 0 Å². The molecule has 0 radical (unpaired) electrons. The Hall–Kier alpha value is -3.54. The smallest absolute Gasteiger partial charge is 0.253 e. The predicted octanol–water partition coefficient (Wildman–Crippen LogP) is 4.23. The van der Waals surface area contributed by atoms with Crippen LogP contribution in [0.15, 0.2) is 65.3 Å². The molecule has 1 heterocycles. The number of anilines is 1. The van der Waals surface area contributed by atoms with E-state index in [4.69, 9.17) is 9.15 Å². The lowest BCUT2D eigenvalue weighted by Crippen LogP contribution is -2.25. The third kappa shape index (κ3) is 5.72. The van der Waals surface area contributed by atoms with Gasteiger partial charge < -0.3 is 19.8 Å². The number of carbonyl (C=O) groups excluding carboxylic acids is 2. The molecule has 2 N–H and O–H groups in total. The van der Waals surface area contributed by atoms with Gasteiger partial charge in [-0.15, -0.1) is 0 Å². The van der Waals surface area contributed by atoms with Crippen LogP contribution in [0, 0.1) is 13.8 Å². The van der Waals surface area contributed by atoms with Gasteiger partial charge in [-0.2, -0.15) is 0 Å². The molecule has 0 saturated carbocycles. The first-order chi connectivity index (χ1) is 14.0. The van der Waals surface area contributed by atoms with E-state index in [0.29, 0.717) is 17.0 Å². The van der Waals surface area contributed by atoms with Crippen molar-refractivity contribution in [2.75, 3.05) is 11.9 Å². The molecule has 2 aromatic carbocycles. The van der Waals surface area contributed by atoms with Crippen LogP contribution in [0.3, 0.4) is 0 Å². The Morgan fingerprint density at radius 2 is 1.86 bits per heavy atom. The number of furan rings is 1. The van der Waals surface area contributed by atoms with Gasteiger partial charge in [0.2, 0.25) is 5.91 Å². The van der Waals surface area contributed by atoms with Crippen LogP contribution in [-0.2, 0) is 11.3 Å². The molecule has 0 unspecified atom stereocenters. The fraction of sp³-hybridized carbons (Fsp3) is 0.217. The fourth-order valence-corrected chi connectivity index (χ4v) is 2.80. The summed E-state index contributed by atoms with van der Waals surface area (Å²) in [6, 6.07) is 16.4. The molecule has 29 heavy (non-hydrogen) atoms. The number of nitrogens with one attached hydrogen (secondary N) is 2. The maximum atomic E-state index is 12.5. The summed E-state index contributed by atoms with van der Waals surface area (Å²) in [5, 5.41) is 5.58. The zero-order valence-electron chi connectivity index (χ0n) is 16.5. The van der Waals surface area contributed by atoms with Gasteiger partial charge in [-0.25, -0.2) is 0 Å². The van der Waals surface area contributed by atoms with Crippen LogP contribution >= 0.6 is 0 Å². The van der Waals surface area contributed by atoms with Crippen LogP contribution in [0.25, 0.3) is 0 Å². The van der Waals surface area contributed by atoms with Crippen molar-refractivity contribution in [2.45, 2.75) is 26.8 Å². The number of ether oxygens (including phenoxy) is 1. The minimum absolute atomic E-state index is 0.176. The Bertz CT molecular complexity index is 980. The Kier molecular flexibility index (Phi) is 6.68. The van der Waals surface area contributed by atoms with Crippen LogP contribution in [0.5, 0.6) is 5.75 Å². The van der Waals surface area contributed by atoms with Crippen LogP contribution in [0.4, 0.5) is 5.69 Å². The summed E-state index contributed by atoms with van der Waals surface area (Å²) in [6.45, 7) is 4.49. The van der Waals surface area contributed by atoms with Crippen molar-refractivity contribution in [2.24, 2.45) is 0 Å². The Balaban J connectivity index is 1.54. The molecule has 3 aromatic rings. The first-order valence-corrected chi connectivity index (χ1v) is 9.42. The Labute approximate surface area is 169 Å². The van der Waals surface area contributed by atoms with Crippen LogP contribution < -0.4 is 15.4 Å². The monoisotopic (exact) mass is 392 g/mol.